The Hall–Kier alpha value is -3.39. The van der Waals surface area contributed by atoms with Crippen LogP contribution in [0.1, 0.15) is 76.3 Å². The van der Waals surface area contributed by atoms with Crippen LogP contribution in [0.4, 0.5) is 11.4 Å². The summed E-state index contributed by atoms with van der Waals surface area (Å²) in [7, 11) is 1.57. The molecule has 1 saturated carbocycles. The molecule has 2 aromatic carbocycles. The molecule has 4 atom stereocenters. The maximum atomic E-state index is 13.5. The summed E-state index contributed by atoms with van der Waals surface area (Å²) in [6.07, 6.45) is 7.17. The van der Waals surface area contributed by atoms with E-state index in [1.165, 1.54) is 10.5 Å². The molecule has 0 radical (unpaired) electrons. The largest absolute Gasteiger partial charge is 0.481 e. The fourth-order valence-corrected chi connectivity index (χ4v) is 10.8. The number of amides is 1. The summed E-state index contributed by atoms with van der Waals surface area (Å²) in [4.78, 5) is 55.1. The number of anilines is 2. The molecule has 4 unspecified atom stereocenters. The van der Waals surface area contributed by atoms with Crippen molar-refractivity contribution < 1.29 is 24.6 Å². The first-order chi connectivity index (χ1) is 23.3. The van der Waals surface area contributed by atoms with Gasteiger partial charge in [-0.25, -0.2) is 0 Å². The first-order valence-electron chi connectivity index (χ1n) is 16.5. The lowest BCUT2D eigenvalue weighted by Crippen LogP contribution is -2.35. The highest BCUT2D eigenvalue weighted by molar-refractivity contribution is 8.30. The Labute approximate surface area is 302 Å². The summed E-state index contributed by atoms with van der Waals surface area (Å²) in [5, 5.41) is 19.5. The van der Waals surface area contributed by atoms with Gasteiger partial charge in [-0.3, -0.25) is 28.6 Å². The number of carbonyl (C=O) groups excluding carboxylic acids is 1. The Balaban J connectivity index is 1.31. The lowest BCUT2D eigenvalue weighted by atomic mass is 9.82. The monoisotopic (exact) mass is 737 g/mol. The fourth-order valence-electron chi connectivity index (χ4n) is 7.02. The Morgan fingerprint density at radius 2 is 1.86 bits per heavy atom. The third-order valence-electron chi connectivity index (χ3n) is 10.0. The van der Waals surface area contributed by atoms with Crippen molar-refractivity contribution in [1.29, 1.82) is 0 Å². The molecule has 0 spiro atoms. The smallest absolute Gasteiger partial charge is 0.323 e. The third kappa shape index (κ3) is 6.74. The van der Waals surface area contributed by atoms with E-state index in [0.717, 1.165) is 75.2 Å². The second-order valence-corrected chi connectivity index (χ2v) is 17.2. The normalized spacial score (nSPS) is 22.0. The molecule has 3 aromatic rings. The number of hydrogen-bond acceptors (Lipinski definition) is 9. The summed E-state index contributed by atoms with van der Waals surface area (Å²) >= 11 is 9.21. The maximum Gasteiger partial charge on any atom is 0.323 e. The lowest BCUT2D eigenvalue weighted by Gasteiger charge is -2.29. The highest BCUT2D eigenvalue weighted by Crippen LogP contribution is 2.52. The van der Waals surface area contributed by atoms with Gasteiger partial charge >= 0.3 is 11.9 Å². The molecule has 2 N–H and O–H groups in total. The number of benzene rings is 2. The molecule has 9 nitrogen and oxygen atoms in total. The molecule has 1 saturated heterocycles. The number of aromatic nitrogens is 1. The topological polar surface area (TPSA) is 120 Å². The SMILES string of the molecule is CCC(CC(C)(CC)C(=O)O)Sc1ccc(N2c3ccc(/C=c4\s/c(=C5/SC(=S)N(C)C5=O)n(CC(=O)O)c4=O)cc3C3CCCC32)cc1. The molecule has 3 aliphatic rings. The quantitative estimate of drug-likeness (QED) is 0.180. The van der Waals surface area contributed by atoms with Crippen molar-refractivity contribution in [3.8, 4) is 0 Å². The van der Waals surface area contributed by atoms with Crippen molar-refractivity contribution in [1.82, 2.24) is 9.47 Å². The summed E-state index contributed by atoms with van der Waals surface area (Å²) in [5.74, 6) is -1.90. The minimum atomic E-state index is -1.17. The number of carboxylic acids is 2. The number of carbonyl (C=O) groups is 3. The van der Waals surface area contributed by atoms with Crippen molar-refractivity contribution >= 4 is 91.6 Å². The Kier molecular flexibility index (Phi) is 10.2. The number of nitrogens with zero attached hydrogens (tertiary/aromatic N) is 3. The van der Waals surface area contributed by atoms with Crippen molar-refractivity contribution in [2.45, 2.75) is 87.9 Å². The first-order valence-corrected chi connectivity index (χ1v) is 19.4. The zero-order chi connectivity index (χ0) is 35.2. The maximum absolute atomic E-state index is 13.5. The average molecular weight is 738 g/mol. The molecule has 1 amide bonds. The third-order valence-corrected chi connectivity index (χ3v) is 14.2. The van der Waals surface area contributed by atoms with E-state index in [-0.39, 0.29) is 16.1 Å². The number of carboxylic acid groups (broad SMARTS) is 2. The van der Waals surface area contributed by atoms with Crippen LogP contribution in [0.15, 0.2) is 52.2 Å². The van der Waals surface area contributed by atoms with Crippen LogP contribution in [0.3, 0.4) is 0 Å². The predicted octanol–water partition coefficient (Wildman–Crippen LogP) is 5.97. The Morgan fingerprint density at radius 3 is 2.47 bits per heavy atom. The van der Waals surface area contributed by atoms with Crippen molar-refractivity contribution in [2.24, 2.45) is 5.41 Å². The zero-order valence-corrected chi connectivity index (χ0v) is 31.1. The summed E-state index contributed by atoms with van der Waals surface area (Å²) in [5.41, 5.74) is 3.16. The highest BCUT2D eigenvalue weighted by Gasteiger charge is 2.42. The van der Waals surface area contributed by atoms with Gasteiger partial charge in [0, 0.05) is 40.5 Å². The molecule has 258 valence electrons. The van der Waals surface area contributed by atoms with Crippen LogP contribution >= 0.6 is 47.1 Å². The van der Waals surface area contributed by atoms with Crippen LogP contribution in [0.5, 0.6) is 0 Å². The first kappa shape index (κ1) is 35.4. The molecular formula is C36H39N3O6S4. The van der Waals surface area contributed by atoms with Gasteiger partial charge in [-0.15, -0.1) is 23.1 Å². The molecule has 13 heteroatoms. The van der Waals surface area contributed by atoms with Gasteiger partial charge in [0.2, 0.25) is 0 Å². The average Bonchev–Trinajstić information content (AvgIpc) is 3.81. The highest BCUT2D eigenvalue weighted by atomic mass is 32.2. The molecular weight excluding hydrogens is 699 g/mol. The Bertz CT molecular complexity index is 2020. The summed E-state index contributed by atoms with van der Waals surface area (Å²) < 4.78 is 2.17. The van der Waals surface area contributed by atoms with E-state index in [0.29, 0.717) is 38.3 Å². The van der Waals surface area contributed by atoms with Gasteiger partial charge in [0.15, 0.2) is 0 Å². The molecule has 0 bridgehead atoms. The van der Waals surface area contributed by atoms with Crippen LogP contribution in [-0.4, -0.2) is 60.2 Å². The fraction of sp³-hybridized carbons (Fsp3) is 0.417. The van der Waals surface area contributed by atoms with Gasteiger partial charge < -0.3 is 15.1 Å². The number of thiazole rings is 1. The minimum Gasteiger partial charge on any atom is -0.481 e. The second kappa shape index (κ2) is 14.1. The van der Waals surface area contributed by atoms with E-state index in [2.05, 4.69) is 48.2 Å². The molecule has 1 aromatic heterocycles. The molecule has 3 heterocycles. The molecule has 2 aliphatic heterocycles. The van der Waals surface area contributed by atoms with Crippen LogP contribution in [0.25, 0.3) is 11.0 Å². The van der Waals surface area contributed by atoms with Crippen molar-refractivity contribution in [3.63, 3.8) is 0 Å². The van der Waals surface area contributed by atoms with Gasteiger partial charge in [0.05, 0.1) is 9.95 Å². The van der Waals surface area contributed by atoms with Gasteiger partial charge in [0.1, 0.15) is 20.4 Å². The predicted molar refractivity (Wildman–Crippen MR) is 201 cm³/mol. The van der Waals surface area contributed by atoms with Crippen LogP contribution in [0.2, 0.25) is 0 Å². The lowest BCUT2D eigenvalue weighted by molar-refractivity contribution is -0.148. The van der Waals surface area contributed by atoms with Crippen LogP contribution in [-0.2, 0) is 20.9 Å². The van der Waals surface area contributed by atoms with E-state index < -0.39 is 29.5 Å². The van der Waals surface area contributed by atoms with Gasteiger partial charge in [-0.1, -0.05) is 50.3 Å². The number of fused-ring (bicyclic) bond motifs is 3. The molecule has 1 aliphatic carbocycles. The van der Waals surface area contributed by atoms with Crippen LogP contribution < -0.4 is 19.7 Å². The second-order valence-electron chi connectivity index (χ2n) is 13.1. The number of aliphatic carboxylic acids is 2. The standard InChI is InChI=1S/C36H39N3O6S4/c1-5-22(18-36(3,6-2)34(44)45)47-23-13-11-21(12-14-23)39-26-9-7-8-24(26)25-16-20(10-15-27(25)39)17-28-31(42)38(19-29(40)41)33(48-28)30-32(43)37(4)35(46)49-30/h10-17,22,24,26H,5-9,18-19H2,1-4H3,(H,40,41)(H,44,45)/b28-17-,33-30+. The van der Waals surface area contributed by atoms with E-state index in [1.807, 2.05) is 19.9 Å². The van der Waals surface area contributed by atoms with Crippen molar-refractivity contribution in [3.05, 3.63) is 73.1 Å². The summed E-state index contributed by atoms with van der Waals surface area (Å²) in [6, 6.07) is 15.2. The summed E-state index contributed by atoms with van der Waals surface area (Å²) in [6.45, 7) is 5.35. The van der Waals surface area contributed by atoms with E-state index in [4.69, 9.17) is 12.2 Å². The van der Waals surface area contributed by atoms with Gasteiger partial charge in [0.25, 0.3) is 11.5 Å². The Morgan fingerprint density at radius 1 is 1.12 bits per heavy atom. The molecule has 2 fully saturated rings. The van der Waals surface area contributed by atoms with Gasteiger partial charge in [-0.05, 0) is 92.6 Å². The number of hydrogen-bond donors (Lipinski definition) is 2. The van der Waals surface area contributed by atoms with E-state index in [1.54, 1.807) is 24.9 Å². The number of thiocarbonyl (C=S) groups is 1. The van der Waals surface area contributed by atoms with Crippen molar-refractivity contribution in [2.75, 3.05) is 11.9 Å². The van der Waals surface area contributed by atoms with Gasteiger partial charge in [-0.2, -0.15) is 0 Å². The van der Waals surface area contributed by atoms with E-state index in [9.17, 15) is 29.4 Å². The zero-order valence-electron chi connectivity index (χ0n) is 27.8. The molecule has 6 rings (SSSR count). The number of rotatable bonds is 11. The molecule has 49 heavy (non-hydrogen) atoms. The minimum absolute atomic E-state index is 0.204. The number of thioether (sulfide) groups is 2. The van der Waals surface area contributed by atoms with E-state index >= 15 is 0 Å². The van der Waals surface area contributed by atoms with Crippen LogP contribution in [0, 0.1) is 5.41 Å².